The second-order valence-electron chi connectivity index (χ2n) is 8.38. The van der Waals surface area contributed by atoms with Crippen molar-refractivity contribution in [1.82, 2.24) is 19.7 Å². The molecule has 0 radical (unpaired) electrons. The molecule has 1 N–H and O–H groups in total. The first-order valence-electron chi connectivity index (χ1n) is 10.5. The zero-order valence-electron chi connectivity index (χ0n) is 16.9. The summed E-state index contributed by atoms with van der Waals surface area (Å²) in [5, 5.41) is 7.15. The topological polar surface area (TPSA) is 71.0 Å². The van der Waals surface area contributed by atoms with Crippen LogP contribution in [0.25, 0.3) is 22.5 Å². The average Bonchev–Trinajstić information content (AvgIpc) is 3.42. The van der Waals surface area contributed by atoms with E-state index in [9.17, 15) is 9.59 Å². The van der Waals surface area contributed by atoms with Gasteiger partial charge >= 0.3 is 5.69 Å². The van der Waals surface area contributed by atoms with Crippen LogP contribution in [-0.2, 0) is 11.3 Å². The Kier molecular flexibility index (Phi) is 5.14. The molecule has 0 bridgehead atoms. The predicted octanol–water partition coefficient (Wildman–Crippen LogP) is 3.96. The third-order valence-electron chi connectivity index (χ3n) is 6.11. The lowest BCUT2D eigenvalue weighted by atomic mass is 10.0. The minimum atomic E-state index is -0.454. The van der Waals surface area contributed by atoms with Crippen LogP contribution in [0.5, 0.6) is 0 Å². The number of likely N-dealkylation sites (tertiary alicyclic amines) is 1. The summed E-state index contributed by atoms with van der Waals surface area (Å²) >= 11 is 5.93. The first kappa shape index (κ1) is 20.0. The molecule has 1 saturated carbocycles. The van der Waals surface area contributed by atoms with Crippen LogP contribution < -0.4 is 5.69 Å². The van der Waals surface area contributed by atoms with Crippen LogP contribution in [0, 0.1) is 17.7 Å². The summed E-state index contributed by atoms with van der Waals surface area (Å²) < 4.78 is 16.5. The molecule has 0 unspecified atom stereocenters. The molecular formula is C23H22ClFN4O2. The second kappa shape index (κ2) is 7.96. The van der Waals surface area contributed by atoms with Crippen LogP contribution in [-0.4, -0.2) is 38.7 Å². The zero-order chi connectivity index (χ0) is 21.5. The molecule has 5 rings (SSSR count). The van der Waals surface area contributed by atoms with Crippen LogP contribution >= 0.6 is 11.6 Å². The lowest BCUT2D eigenvalue weighted by molar-refractivity contribution is -0.131. The fourth-order valence-corrected chi connectivity index (χ4v) is 4.37. The van der Waals surface area contributed by atoms with E-state index in [-0.39, 0.29) is 34.8 Å². The molecule has 1 atom stereocenters. The molecule has 31 heavy (non-hydrogen) atoms. The average molecular weight is 441 g/mol. The molecule has 1 aromatic heterocycles. The molecule has 2 aromatic carbocycles. The van der Waals surface area contributed by atoms with Crippen molar-refractivity contribution < 1.29 is 9.18 Å². The van der Waals surface area contributed by atoms with Gasteiger partial charge in [0.25, 0.3) is 0 Å². The number of hydrogen-bond donors (Lipinski definition) is 1. The molecule has 8 heteroatoms. The number of carbonyl (C=O) groups excluding carboxylic acids is 1. The first-order valence-corrected chi connectivity index (χ1v) is 10.9. The third kappa shape index (κ3) is 4.02. The Hall–Kier alpha value is -2.93. The molecule has 3 aromatic rings. The molecule has 1 amide bonds. The second-order valence-corrected chi connectivity index (χ2v) is 8.81. The summed E-state index contributed by atoms with van der Waals surface area (Å²) in [5.41, 5.74) is 1.45. The number of carbonyl (C=O) groups is 1. The summed E-state index contributed by atoms with van der Waals surface area (Å²) in [6, 6.07) is 12.1. The van der Waals surface area contributed by atoms with Gasteiger partial charge in [-0.2, -0.15) is 5.10 Å². The number of halogens is 2. The van der Waals surface area contributed by atoms with Crippen molar-refractivity contribution in [3.63, 3.8) is 0 Å². The number of rotatable bonds is 5. The Morgan fingerprint density at radius 2 is 1.87 bits per heavy atom. The van der Waals surface area contributed by atoms with Gasteiger partial charge in [0.05, 0.1) is 5.56 Å². The van der Waals surface area contributed by atoms with Crippen LogP contribution in [0.3, 0.4) is 0 Å². The number of aromatic nitrogens is 3. The van der Waals surface area contributed by atoms with Crippen molar-refractivity contribution in [1.29, 1.82) is 0 Å². The molecule has 2 aliphatic rings. The largest absolute Gasteiger partial charge is 0.343 e. The molecule has 2 heterocycles. The molecular weight excluding hydrogens is 419 g/mol. The number of H-pyrrole nitrogens is 1. The van der Waals surface area contributed by atoms with Gasteiger partial charge < -0.3 is 4.90 Å². The first-order chi connectivity index (χ1) is 15.0. The van der Waals surface area contributed by atoms with Crippen molar-refractivity contribution in [3.05, 3.63) is 63.8 Å². The van der Waals surface area contributed by atoms with Gasteiger partial charge in [-0.3, -0.25) is 9.36 Å². The van der Waals surface area contributed by atoms with Crippen molar-refractivity contribution in [2.75, 3.05) is 13.1 Å². The van der Waals surface area contributed by atoms with Crippen LogP contribution in [0.4, 0.5) is 4.39 Å². The number of aromatic amines is 1. The van der Waals surface area contributed by atoms with E-state index in [1.54, 1.807) is 24.3 Å². The lowest BCUT2D eigenvalue weighted by Crippen LogP contribution is -2.31. The van der Waals surface area contributed by atoms with E-state index in [0.29, 0.717) is 30.2 Å². The van der Waals surface area contributed by atoms with Crippen LogP contribution in [0.15, 0.2) is 47.3 Å². The quantitative estimate of drug-likeness (QED) is 0.652. The summed E-state index contributed by atoms with van der Waals surface area (Å²) in [7, 11) is 0. The predicted molar refractivity (Wildman–Crippen MR) is 116 cm³/mol. The normalized spacial score (nSPS) is 18.5. The SMILES string of the molecule is O=C(C1CC1)N1CC[C@@H](Cn2c(-c3ccc(-c4ccc(Cl)cc4)cc3F)n[nH]c2=O)C1. The Labute approximate surface area is 183 Å². The van der Waals surface area contributed by atoms with Crippen molar-refractivity contribution in [2.24, 2.45) is 11.8 Å². The van der Waals surface area contributed by atoms with E-state index < -0.39 is 5.82 Å². The maximum absolute atomic E-state index is 15.0. The fourth-order valence-electron chi connectivity index (χ4n) is 4.24. The van der Waals surface area contributed by atoms with Crippen LogP contribution in [0.1, 0.15) is 19.3 Å². The zero-order valence-corrected chi connectivity index (χ0v) is 17.6. The maximum Gasteiger partial charge on any atom is 0.343 e. The van der Waals surface area contributed by atoms with E-state index in [1.165, 1.54) is 10.6 Å². The maximum atomic E-state index is 15.0. The number of nitrogens with one attached hydrogen (secondary N) is 1. The molecule has 1 saturated heterocycles. The third-order valence-corrected chi connectivity index (χ3v) is 6.36. The monoisotopic (exact) mass is 440 g/mol. The van der Waals surface area contributed by atoms with E-state index in [1.807, 2.05) is 17.0 Å². The van der Waals surface area contributed by atoms with E-state index in [0.717, 1.165) is 24.8 Å². The van der Waals surface area contributed by atoms with Crippen molar-refractivity contribution >= 4 is 17.5 Å². The highest BCUT2D eigenvalue weighted by molar-refractivity contribution is 6.30. The van der Waals surface area contributed by atoms with Gasteiger partial charge in [0.15, 0.2) is 5.82 Å². The van der Waals surface area contributed by atoms with Gasteiger partial charge in [-0.25, -0.2) is 14.3 Å². The highest BCUT2D eigenvalue weighted by atomic mass is 35.5. The van der Waals surface area contributed by atoms with Crippen LogP contribution in [0.2, 0.25) is 5.02 Å². The number of nitrogens with zero attached hydrogens (tertiary/aromatic N) is 3. The van der Waals surface area contributed by atoms with Gasteiger partial charge in [0.2, 0.25) is 5.91 Å². The Morgan fingerprint density at radius 3 is 2.58 bits per heavy atom. The standard InChI is InChI=1S/C23H22ClFN4O2/c24-18-6-3-15(4-7-18)17-5-8-19(20(25)11-17)21-26-27-23(31)29(21)13-14-9-10-28(12-14)22(30)16-1-2-16/h3-8,11,14,16H,1-2,9-10,12-13H2,(H,27,31)/t14-/m1/s1. The summed E-state index contributed by atoms with van der Waals surface area (Å²) in [4.78, 5) is 26.6. The fraction of sp³-hybridized carbons (Fsp3) is 0.348. The highest BCUT2D eigenvalue weighted by Crippen LogP contribution is 2.33. The summed E-state index contributed by atoms with van der Waals surface area (Å²) in [5.74, 6) is 0.389. The lowest BCUT2D eigenvalue weighted by Gasteiger charge is -2.16. The van der Waals surface area contributed by atoms with Crippen molar-refractivity contribution in [3.8, 4) is 22.5 Å². The van der Waals surface area contributed by atoms with E-state index >= 15 is 4.39 Å². The molecule has 160 valence electrons. The minimum absolute atomic E-state index is 0.146. The van der Waals surface area contributed by atoms with Gasteiger partial charge in [0.1, 0.15) is 5.82 Å². The summed E-state index contributed by atoms with van der Waals surface area (Å²) in [6.07, 6.45) is 2.79. The van der Waals surface area contributed by atoms with Gasteiger partial charge in [-0.1, -0.05) is 29.8 Å². The van der Waals surface area contributed by atoms with Crippen molar-refractivity contribution in [2.45, 2.75) is 25.8 Å². The van der Waals surface area contributed by atoms with E-state index in [4.69, 9.17) is 11.6 Å². The summed E-state index contributed by atoms with van der Waals surface area (Å²) in [6.45, 7) is 1.74. The van der Waals surface area contributed by atoms with Gasteiger partial charge in [0, 0.05) is 30.6 Å². The Morgan fingerprint density at radius 1 is 1.13 bits per heavy atom. The Balaban J connectivity index is 1.37. The molecule has 1 aliphatic carbocycles. The molecule has 1 aliphatic heterocycles. The highest BCUT2D eigenvalue weighted by Gasteiger charge is 2.36. The molecule has 2 fully saturated rings. The number of benzene rings is 2. The van der Waals surface area contributed by atoms with Gasteiger partial charge in [-0.05, 0) is 60.6 Å². The molecule has 0 spiro atoms. The molecule has 6 nitrogen and oxygen atoms in total. The van der Waals surface area contributed by atoms with Gasteiger partial charge in [-0.15, -0.1) is 0 Å². The number of hydrogen-bond acceptors (Lipinski definition) is 3. The smallest absolute Gasteiger partial charge is 0.342 e. The minimum Gasteiger partial charge on any atom is -0.342 e. The van der Waals surface area contributed by atoms with E-state index in [2.05, 4.69) is 10.2 Å². The Bertz CT molecular complexity index is 1180. The number of amides is 1.